The highest BCUT2D eigenvalue weighted by molar-refractivity contribution is 5.37. The van der Waals surface area contributed by atoms with Gasteiger partial charge in [0.25, 0.3) is 0 Å². The van der Waals surface area contributed by atoms with Crippen LogP contribution in [-0.4, -0.2) is 57.2 Å². The van der Waals surface area contributed by atoms with Crippen molar-refractivity contribution in [3.8, 4) is 5.88 Å². The lowest BCUT2D eigenvalue weighted by Gasteiger charge is -2.09. The Morgan fingerprint density at radius 3 is 2.67 bits per heavy atom. The highest BCUT2D eigenvalue weighted by Gasteiger charge is 2.05. The zero-order chi connectivity index (χ0) is 15.3. The SMILES string of the molecule is CCOCc1nc(NC)cc(OCCCOCCOC)n1. The van der Waals surface area contributed by atoms with Crippen LogP contribution in [0.3, 0.4) is 0 Å². The predicted octanol–water partition coefficient (Wildman–Crippen LogP) is 1.49. The van der Waals surface area contributed by atoms with Crippen molar-refractivity contribution < 1.29 is 18.9 Å². The molecule has 1 aromatic rings. The molecule has 0 spiro atoms. The van der Waals surface area contributed by atoms with Crippen molar-refractivity contribution in [3.63, 3.8) is 0 Å². The van der Waals surface area contributed by atoms with Crippen molar-refractivity contribution in [1.82, 2.24) is 9.97 Å². The number of nitrogens with one attached hydrogen (secondary N) is 1. The van der Waals surface area contributed by atoms with Crippen LogP contribution in [0, 0.1) is 0 Å². The molecule has 0 aliphatic rings. The third kappa shape index (κ3) is 7.79. The van der Waals surface area contributed by atoms with Crippen LogP contribution in [0.4, 0.5) is 5.82 Å². The number of aromatic nitrogens is 2. The topological polar surface area (TPSA) is 74.7 Å². The molecule has 7 heteroatoms. The van der Waals surface area contributed by atoms with E-state index in [1.807, 2.05) is 6.92 Å². The molecule has 1 rings (SSSR count). The first kappa shape index (κ1) is 17.6. The summed E-state index contributed by atoms with van der Waals surface area (Å²) < 4.78 is 21.2. The van der Waals surface area contributed by atoms with E-state index in [0.717, 1.165) is 6.42 Å². The maximum atomic E-state index is 5.62. The number of hydrogen-bond donors (Lipinski definition) is 1. The predicted molar refractivity (Wildman–Crippen MR) is 79.7 cm³/mol. The average Bonchev–Trinajstić information content (AvgIpc) is 2.51. The Hall–Kier alpha value is -1.44. The Morgan fingerprint density at radius 1 is 1.10 bits per heavy atom. The summed E-state index contributed by atoms with van der Waals surface area (Å²) in [4.78, 5) is 8.61. The molecule has 1 heterocycles. The van der Waals surface area contributed by atoms with Crippen molar-refractivity contribution in [2.45, 2.75) is 20.0 Å². The highest BCUT2D eigenvalue weighted by atomic mass is 16.5. The second kappa shape index (κ2) is 11.2. The number of hydrogen-bond acceptors (Lipinski definition) is 7. The summed E-state index contributed by atoms with van der Waals surface area (Å²) in [6, 6.07) is 1.77. The van der Waals surface area contributed by atoms with Crippen molar-refractivity contribution in [2.24, 2.45) is 0 Å². The molecule has 1 N–H and O–H groups in total. The van der Waals surface area contributed by atoms with E-state index in [0.29, 0.717) is 57.2 Å². The van der Waals surface area contributed by atoms with Gasteiger partial charge >= 0.3 is 0 Å². The molecule has 0 atom stereocenters. The lowest BCUT2D eigenvalue weighted by atomic mass is 10.4. The molecule has 0 bridgehead atoms. The van der Waals surface area contributed by atoms with Crippen LogP contribution in [0.5, 0.6) is 5.88 Å². The third-order valence-electron chi connectivity index (χ3n) is 2.56. The van der Waals surface area contributed by atoms with E-state index in [1.54, 1.807) is 20.2 Å². The second-order valence-electron chi connectivity index (χ2n) is 4.20. The van der Waals surface area contributed by atoms with E-state index in [9.17, 15) is 0 Å². The Bertz CT molecular complexity index is 390. The molecular formula is C14H25N3O4. The van der Waals surface area contributed by atoms with Crippen LogP contribution >= 0.6 is 0 Å². The monoisotopic (exact) mass is 299 g/mol. The molecule has 0 fully saturated rings. The Kier molecular flexibility index (Phi) is 9.43. The first-order valence-corrected chi connectivity index (χ1v) is 7.13. The first-order chi connectivity index (χ1) is 10.3. The van der Waals surface area contributed by atoms with E-state index >= 15 is 0 Å². The minimum atomic E-state index is 0.377. The van der Waals surface area contributed by atoms with Crippen LogP contribution in [0.25, 0.3) is 0 Å². The number of rotatable bonds is 12. The van der Waals surface area contributed by atoms with Gasteiger partial charge in [0, 0.05) is 39.9 Å². The van der Waals surface area contributed by atoms with Crippen molar-refractivity contribution in [3.05, 3.63) is 11.9 Å². The molecule has 0 aromatic carbocycles. The molecule has 21 heavy (non-hydrogen) atoms. The average molecular weight is 299 g/mol. The van der Waals surface area contributed by atoms with Gasteiger partial charge in [-0.3, -0.25) is 0 Å². The van der Waals surface area contributed by atoms with Gasteiger partial charge in [-0.2, -0.15) is 4.98 Å². The third-order valence-corrected chi connectivity index (χ3v) is 2.56. The minimum Gasteiger partial charge on any atom is -0.477 e. The summed E-state index contributed by atoms with van der Waals surface area (Å²) in [5.74, 6) is 1.86. The smallest absolute Gasteiger partial charge is 0.218 e. The van der Waals surface area contributed by atoms with Gasteiger partial charge in [-0.1, -0.05) is 0 Å². The van der Waals surface area contributed by atoms with E-state index in [4.69, 9.17) is 18.9 Å². The largest absolute Gasteiger partial charge is 0.477 e. The highest BCUT2D eigenvalue weighted by Crippen LogP contribution is 2.14. The fraction of sp³-hybridized carbons (Fsp3) is 0.714. The van der Waals surface area contributed by atoms with Gasteiger partial charge in [-0.25, -0.2) is 4.98 Å². The standard InChI is InChI=1S/C14H25N3O4/c1-4-19-11-13-16-12(15-2)10-14(17-13)21-7-5-6-20-9-8-18-3/h10H,4-9,11H2,1-3H3,(H,15,16,17). The zero-order valence-corrected chi connectivity index (χ0v) is 13.1. The minimum absolute atomic E-state index is 0.377. The Balaban J connectivity index is 2.35. The van der Waals surface area contributed by atoms with Gasteiger partial charge in [0.2, 0.25) is 5.88 Å². The maximum Gasteiger partial charge on any atom is 0.218 e. The molecule has 0 saturated carbocycles. The normalized spacial score (nSPS) is 10.6. The number of ether oxygens (including phenoxy) is 4. The molecule has 0 unspecified atom stereocenters. The van der Waals surface area contributed by atoms with Gasteiger partial charge in [0.05, 0.1) is 19.8 Å². The van der Waals surface area contributed by atoms with Gasteiger partial charge in [-0.05, 0) is 6.92 Å². The van der Waals surface area contributed by atoms with Crippen molar-refractivity contribution in [2.75, 3.05) is 52.5 Å². The van der Waals surface area contributed by atoms with Crippen LogP contribution in [0.15, 0.2) is 6.07 Å². The summed E-state index contributed by atoms with van der Waals surface area (Å²) in [5, 5.41) is 2.98. The van der Waals surface area contributed by atoms with E-state index in [1.165, 1.54) is 0 Å². The molecule has 120 valence electrons. The fourth-order valence-corrected chi connectivity index (χ4v) is 1.51. The number of anilines is 1. The lowest BCUT2D eigenvalue weighted by molar-refractivity contribution is 0.0641. The molecule has 0 amide bonds. The van der Waals surface area contributed by atoms with Crippen molar-refractivity contribution in [1.29, 1.82) is 0 Å². The quantitative estimate of drug-likeness (QED) is 0.586. The Labute approximate surface area is 126 Å². The summed E-state index contributed by atoms with van der Waals surface area (Å²) in [5.41, 5.74) is 0. The number of nitrogens with zero attached hydrogens (tertiary/aromatic N) is 2. The van der Waals surface area contributed by atoms with Gasteiger partial charge < -0.3 is 24.3 Å². The molecule has 1 aromatic heterocycles. The molecule has 7 nitrogen and oxygen atoms in total. The van der Waals surface area contributed by atoms with Gasteiger partial charge in [-0.15, -0.1) is 0 Å². The maximum absolute atomic E-state index is 5.62. The van der Waals surface area contributed by atoms with Gasteiger partial charge in [0.15, 0.2) is 5.82 Å². The van der Waals surface area contributed by atoms with Crippen LogP contribution < -0.4 is 10.1 Å². The Morgan fingerprint density at radius 2 is 1.95 bits per heavy atom. The fourth-order valence-electron chi connectivity index (χ4n) is 1.51. The molecule has 0 radical (unpaired) electrons. The molecular weight excluding hydrogens is 274 g/mol. The van der Waals surface area contributed by atoms with E-state index in [-0.39, 0.29) is 0 Å². The second-order valence-corrected chi connectivity index (χ2v) is 4.20. The summed E-state index contributed by atoms with van der Waals surface area (Å²) in [7, 11) is 3.46. The number of methoxy groups -OCH3 is 1. The van der Waals surface area contributed by atoms with Crippen LogP contribution in [-0.2, 0) is 20.8 Å². The summed E-state index contributed by atoms with van der Waals surface area (Å²) >= 11 is 0. The van der Waals surface area contributed by atoms with Crippen LogP contribution in [0.1, 0.15) is 19.2 Å². The lowest BCUT2D eigenvalue weighted by Crippen LogP contribution is -2.09. The first-order valence-electron chi connectivity index (χ1n) is 7.13. The van der Waals surface area contributed by atoms with E-state index in [2.05, 4.69) is 15.3 Å². The molecule has 0 aliphatic heterocycles. The molecule has 0 saturated heterocycles. The van der Waals surface area contributed by atoms with Crippen molar-refractivity contribution >= 4 is 5.82 Å². The summed E-state index contributed by atoms with van der Waals surface area (Å²) in [6.07, 6.45) is 0.795. The summed E-state index contributed by atoms with van der Waals surface area (Å²) in [6.45, 7) is 5.33. The van der Waals surface area contributed by atoms with E-state index < -0.39 is 0 Å². The van der Waals surface area contributed by atoms with Crippen LogP contribution in [0.2, 0.25) is 0 Å². The zero-order valence-electron chi connectivity index (χ0n) is 13.1. The molecule has 0 aliphatic carbocycles. The van der Waals surface area contributed by atoms with Gasteiger partial charge in [0.1, 0.15) is 12.4 Å².